The third kappa shape index (κ3) is 8.80. The number of hydrogen-bond donors (Lipinski definition) is 0. The lowest BCUT2D eigenvalue weighted by molar-refractivity contribution is -0.225. The number of ether oxygens (including phenoxy) is 2. The lowest BCUT2D eigenvalue weighted by atomic mass is 10.1. The van der Waals surface area contributed by atoms with Crippen LogP contribution in [0.2, 0.25) is 0 Å². The second kappa shape index (κ2) is 13.8. The van der Waals surface area contributed by atoms with Crippen LogP contribution in [-0.4, -0.2) is 23.9 Å². The number of rotatable bonds is 15. The molecule has 0 spiro atoms. The van der Waals surface area contributed by atoms with Gasteiger partial charge in [-0.15, -0.1) is 11.3 Å². The van der Waals surface area contributed by atoms with Gasteiger partial charge >= 0.3 is 6.18 Å². The smallest absolute Gasteiger partial charge is 0.414 e. The Bertz CT molecular complexity index is 1020. The molecule has 0 saturated carbocycles. The van der Waals surface area contributed by atoms with E-state index in [1.165, 1.54) is 19.3 Å². The van der Waals surface area contributed by atoms with Crippen LogP contribution in [-0.2, 0) is 11.3 Å². The zero-order valence-electron chi connectivity index (χ0n) is 20.7. The van der Waals surface area contributed by atoms with E-state index in [0.717, 1.165) is 57.8 Å². The Kier molecular flexibility index (Phi) is 10.9. The average molecular weight is 508 g/mol. The van der Waals surface area contributed by atoms with Crippen molar-refractivity contribution in [3.8, 4) is 16.3 Å². The molecule has 0 aliphatic rings. The number of thiazole rings is 1. The number of fused-ring (bicyclic) bond motifs is 1. The van der Waals surface area contributed by atoms with Crippen molar-refractivity contribution in [1.29, 1.82) is 0 Å². The second-order valence-electron chi connectivity index (χ2n) is 8.95. The second-order valence-corrected chi connectivity index (χ2v) is 9.98. The minimum atomic E-state index is -4.34. The standard InChI is InChI=1S/C28H36F3NO2S/c1-3-5-7-9-11-26(28(29,30)31)34-20-21-12-14-22(15-13-21)27-32-24-17-16-23(19-25(24)35-27)33-18-10-8-6-4-2/h12-17,19,26H,3-11,18,20H2,1-2H3. The van der Waals surface area contributed by atoms with Gasteiger partial charge in [0.2, 0.25) is 0 Å². The van der Waals surface area contributed by atoms with Crippen LogP contribution in [0.25, 0.3) is 20.8 Å². The summed E-state index contributed by atoms with van der Waals surface area (Å²) < 4.78 is 52.2. The molecule has 2 aromatic carbocycles. The molecule has 0 radical (unpaired) electrons. The molecule has 0 bridgehead atoms. The van der Waals surface area contributed by atoms with E-state index in [2.05, 4.69) is 6.92 Å². The predicted octanol–water partition coefficient (Wildman–Crippen LogP) is 9.34. The summed E-state index contributed by atoms with van der Waals surface area (Å²) in [6, 6.07) is 13.4. The Morgan fingerprint density at radius 3 is 2.29 bits per heavy atom. The third-order valence-electron chi connectivity index (χ3n) is 5.96. The van der Waals surface area contributed by atoms with E-state index in [9.17, 15) is 13.2 Å². The molecule has 192 valence electrons. The predicted molar refractivity (Wildman–Crippen MR) is 138 cm³/mol. The average Bonchev–Trinajstić information content (AvgIpc) is 3.26. The fourth-order valence-electron chi connectivity index (χ4n) is 3.88. The summed E-state index contributed by atoms with van der Waals surface area (Å²) in [6.45, 7) is 4.89. The van der Waals surface area contributed by atoms with Gasteiger partial charge in [-0.25, -0.2) is 4.98 Å². The first-order valence-electron chi connectivity index (χ1n) is 12.7. The number of benzene rings is 2. The first-order chi connectivity index (χ1) is 16.9. The van der Waals surface area contributed by atoms with Crippen molar-refractivity contribution >= 4 is 21.6 Å². The van der Waals surface area contributed by atoms with Gasteiger partial charge in [0.25, 0.3) is 0 Å². The highest BCUT2D eigenvalue weighted by molar-refractivity contribution is 7.21. The Hall–Kier alpha value is -2.12. The first-order valence-corrected chi connectivity index (χ1v) is 13.5. The van der Waals surface area contributed by atoms with Crippen LogP contribution >= 0.6 is 11.3 Å². The number of halogens is 3. The molecule has 35 heavy (non-hydrogen) atoms. The molecule has 1 heterocycles. The maximum atomic E-state index is 13.3. The van der Waals surface area contributed by atoms with Gasteiger partial charge in [0, 0.05) is 5.56 Å². The van der Waals surface area contributed by atoms with E-state index >= 15 is 0 Å². The molecule has 3 rings (SSSR count). The summed E-state index contributed by atoms with van der Waals surface area (Å²) in [4.78, 5) is 4.71. The largest absolute Gasteiger partial charge is 0.494 e. The molecule has 3 aromatic rings. The number of unbranched alkanes of at least 4 members (excludes halogenated alkanes) is 6. The lowest BCUT2D eigenvalue weighted by Gasteiger charge is -2.21. The highest BCUT2D eigenvalue weighted by Crippen LogP contribution is 2.33. The van der Waals surface area contributed by atoms with Crippen molar-refractivity contribution in [3.63, 3.8) is 0 Å². The monoisotopic (exact) mass is 507 g/mol. The van der Waals surface area contributed by atoms with E-state index in [-0.39, 0.29) is 13.0 Å². The molecule has 0 aliphatic carbocycles. The van der Waals surface area contributed by atoms with Gasteiger partial charge in [-0.2, -0.15) is 13.2 Å². The van der Waals surface area contributed by atoms with Gasteiger partial charge in [-0.1, -0.05) is 83.1 Å². The maximum absolute atomic E-state index is 13.3. The molecule has 1 unspecified atom stereocenters. The molecule has 1 atom stereocenters. The molecule has 0 N–H and O–H groups in total. The van der Waals surface area contributed by atoms with Gasteiger partial charge in [0.15, 0.2) is 6.10 Å². The van der Waals surface area contributed by atoms with Crippen LogP contribution in [0.4, 0.5) is 13.2 Å². The van der Waals surface area contributed by atoms with Crippen LogP contribution in [0.3, 0.4) is 0 Å². The Balaban J connectivity index is 1.57. The zero-order chi connectivity index (χ0) is 25.1. The summed E-state index contributed by atoms with van der Waals surface area (Å²) in [5.74, 6) is 0.852. The Labute approximate surface area is 210 Å². The summed E-state index contributed by atoms with van der Waals surface area (Å²) in [5.41, 5.74) is 2.56. The molecule has 0 amide bonds. The Morgan fingerprint density at radius 2 is 1.60 bits per heavy atom. The molecular formula is C28H36F3NO2S. The highest BCUT2D eigenvalue weighted by Gasteiger charge is 2.40. The van der Waals surface area contributed by atoms with Gasteiger partial charge in [0.1, 0.15) is 10.8 Å². The van der Waals surface area contributed by atoms with Gasteiger partial charge in [-0.05, 0) is 36.6 Å². The summed E-state index contributed by atoms with van der Waals surface area (Å²) in [7, 11) is 0. The zero-order valence-corrected chi connectivity index (χ0v) is 21.5. The lowest BCUT2D eigenvalue weighted by Crippen LogP contribution is -2.31. The SMILES string of the molecule is CCCCCCOc1ccc2nc(-c3ccc(COC(CCCCCC)C(F)(F)F)cc3)sc2c1. The van der Waals surface area contributed by atoms with Crippen molar-refractivity contribution in [2.75, 3.05) is 6.61 Å². The van der Waals surface area contributed by atoms with Crippen molar-refractivity contribution in [3.05, 3.63) is 48.0 Å². The van der Waals surface area contributed by atoms with Crippen molar-refractivity contribution in [1.82, 2.24) is 4.98 Å². The quantitative estimate of drug-likeness (QED) is 0.192. The number of alkyl halides is 3. The summed E-state index contributed by atoms with van der Waals surface area (Å²) in [5, 5.41) is 0.872. The molecule has 3 nitrogen and oxygen atoms in total. The molecular weight excluding hydrogens is 471 g/mol. The van der Waals surface area contributed by atoms with Crippen molar-refractivity contribution in [2.45, 2.75) is 90.5 Å². The van der Waals surface area contributed by atoms with Crippen LogP contribution < -0.4 is 4.74 Å². The van der Waals surface area contributed by atoms with Gasteiger partial charge in [-0.3, -0.25) is 0 Å². The van der Waals surface area contributed by atoms with Crippen molar-refractivity contribution < 1.29 is 22.6 Å². The van der Waals surface area contributed by atoms with E-state index in [4.69, 9.17) is 14.5 Å². The normalized spacial score (nSPS) is 12.8. The number of hydrogen-bond acceptors (Lipinski definition) is 4. The van der Waals surface area contributed by atoms with Crippen molar-refractivity contribution in [2.24, 2.45) is 0 Å². The number of aromatic nitrogens is 1. The number of nitrogens with zero attached hydrogens (tertiary/aromatic N) is 1. The molecule has 7 heteroatoms. The molecule has 0 saturated heterocycles. The fourth-order valence-corrected chi connectivity index (χ4v) is 4.87. The summed E-state index contributed by atoms with van der Waals surface area (Å²) in [6.07, 6.45) is 1.89. The van der Waals surface area contributed by atoms with E-state index in [0.29, 0.717) is 13.0 Å². The van der Waals surface area contributed by atoms with Gasteiger partial charge in [0.05, 0.1) is 23.4 Å². The van der Waals surface area contributed by atoms with Crippen LogP contribution in [0.5, 0.6) is 5.75 Å². The topological polar surface area (TPSA) is 31.4 Å². The molecule has 0 aliphatic heterocycles. The van der Waals surface area contributed by atoms with Crippen LogP contribution in [0, 0.1) is 0 Å². The molecule has 0 fully saturated rings. The highest BCUT2D eigenvalue weighted by atomic mass is 32.1. The van der Waals surface area contributed by atoms with E-state index in [1.807, 2.05) is 49.4 Å². The minimum absolute atomic E-state index is 0.0116. The fraction of sp³-hybridized carbons (Fsp3) is 0.536. The minimum Gasteiger partial charge on any atom is -0.494 e. The Morgan fingerprint density at radius 1 is 0.886 bits per heavy atom. The van der Waals surface area contributed by atoms with Gasteiger partial charge < -0.3 is 9.47 Å². The third-order valence-corrected chi connectivity index (χ3v) is 7.03. The molecule has 1 aromatic heterocycles. The van der Waals surface area contributed by atoms with E-state index in [1.54, 1.807) is 11.3 Å². The van der Waals surface area contributed by atoms with Crippen LogP contribution in [0.15, 0.2) is 42.5 Å². The first kappa shape index (κ1) is 27.5. The van der Waals surface area contributed by atoms with Crippen LogP contribution in [0.1, 0.15) is 77.2 Å². The van der Waals surface area contributed by atoms with E-state index < -0.39 is 12.3 Å². The maximum Gasteiger partial charge on any atom is 0.414 e. The summed E-state index contributed by atoms with van der Waals surface area (Å²) >= 11 is 1.58.